The van der Waals surface area contributed by atoms with Crippen LogP contribution in [0.15, 0.2) is 54.6 Å². The van der Waals surface area contributed by atoms with Gasteiger partial charge in [-0.25, -0.2) is 9.67 Å². The molecule has 3 aromatic rings. The van der Waals surface area contributed by atoms with Gasteiger partial charge in [0, 0.05) is 11.3 Å². The minimum absolute atomic E-state index is 0.124. The SMILES string of the molecule is Cc1nc(C)n(CC(=O)Nc2ccccc2-c2ccccc2)n1. The second-order valence-electron chi connectivity index (χ2n) is 5.32. The molecule has 1 amide bonds. The van der Waals surface area contributed by atoms with Crippen molar-refractivity contribution in [2.45, 2.75) is 20.4 Å². The summed E-state index contributed by atoms with van der Waals surface area (Å²) in [5, 5.41) is 7.18. The van der Waals surface area contributed by atoms with Crippen LogP contribution in [0.4, 0.5) is 5.69 Å². The van der Waals surface area contributed by atoms with E-state index in [1.807, 2.05) is 68.4 Å². The Morgan fingerprint density at radius 3 is 2.43 bits per heavy atom. The van der Waals surface area contributed by atoms with Crippen molar-refractivity contribution in [3.05, 3.63) is 66.2 Å². The second kappa shape index (κ2) is 6.44. The predicted octanol–water partition coefficient (Wildman–Crippen LogP) is 3.20. The van der Waals surface area contributed by atoms with E-state index in [1.54, 1.807) is 4.68 Å². The van der Waals surface area contributed by atoms with Gasteiger partial charge in [-0.1, -0.05) is 48.5 Å². The number of anilines is 1. The average molecular weight is 306 g/mol. The number of benzene rings is 2. The Bertz CT molecular complexity index is 824. The van der Waals surface area contributed by atoms with Crippen LogP contribution in [0.25, 0.3) is 11.1 Å². The summed E-state index contributed by atoms with van der Waals surface area (Å²) in [6, 6.07) is 17.8. The molecule has 2 aromatic carbocycles. The summed E-state index contributed by atoms with van der Waals surface area (Å²) in [4.78, 5) is 16.5. The van der Waals surface area contributed by atoms with Crippen molar-refractivity contribution in [1.29, 1.82) is 0 Å². The van der Waals surface area contributed by atoms with E-state index in [0.717, 1.165) is 22.6 Å². The third-order valence-electron chi connectivity index (χ3n) is 3.54. The Labute approximate surface area is 135 Å². The largest absolute Gasteiger partial charge is 0.324 e. The lowest BCUT2D eigenvalue weighted by Crippen LogP contribution is -2.20. The molecule has 1 N–H and O–H groups in total. The van der Waals surface area contributed by atoms with E-state index < -0.39 is 0 Å². The molecule has 0 saturated heterocycles. The number of hydrogen-bond acceptors (Lipinski definition) is 3. The second-order valence-corrected chi connectivity index (χ2v) is 5.32. The monoisotopic (exact) mass is 306 g/mol. The topological polar surface area (TPSA) is 59.8 Å². The number of nitrogens with zero attached hydrogens (tertiary/aromatic N) is 3. The molecule has 0 spiro atoms. The van der Waals surface area contributed by atoms with Crippen molar-refractivity contribution >= 4 is 11.6 Å². The van der Waals surface area contributed by atoms with Gasteiger partial charge in [-0.15, -0.1) is 0 Å². The molecule has 0 aliphatic heterocycles. The summed E-state index contributed by atoms with van der Waals surface area (Å²) in [6.45, 7) is 3.80. The van der Waals surface area contributed by atoms with Gasteiger partial charge < -0.3 is 5.32 Å². The van der Waals surface area contributed by atoms with Crippen molar-refractivity contribution in [3.8, 4) is 11.1 Å². The number of rotatable bonds is 4. The van der Waals surface area contributed by atoms with Gasteiger partial charge in [0.1, 0.15) is 18.2 Å². The first-order chi connectivity index (χ1) is 11.1. The molecule has 0 fully saturated rings. The minimum atomic E-state index is -0.124. The molecule has 0 bridgehead atoms. The summed E-state index contributed by atoms with van der Waals surface area (Å²) in [5.41, 5.74) is 2.85. The molecule has 0 aliphatic rings. The van der Waals surface area contributed by atoms with Gasteiger partial charge >= 0.3 is 0 Å². The van der Waals surface area contributed by atoms with Crippen LogP contribution in [0.3, 0.4) is 0 Å². The highest BCUT2D eigenvalue weighted by Crippen LogP contribution is 2.27. The highest BCUT2D eigenvalue weighted by atomic mass is 16.2. The number of hydrogen-bond donors (Lipinski definition) is 1. The molecule has 3 rings (SSSR count). The zero-order chi connectivity index (χ0) is 16.2. The van der Waals surface area contributed by atoms with Gasteiger partial charge in [0.2, 0.25) is 5.91 Å². The smallest absolute Gasteiger partial charge is 0.246 e. The molecule has 23 heavy (non-hydrogen) atoms. The highest BCUT2D eigenvalue weighted by Gasteiger charge is 2.11. The number of aryl methyl sites for hydroxylation is 2. The van der Waals surface area contributed by atoms with Gasteiger partial charge in [-0.05, 0) is 25.5 Å². The zero-order valence-electron chi connectivity index (χ0n) is 13.2. The summed E-state index contributed by atoms with van der Waals surface area (Å²) >= 11 is 0. The van der Waals surface area contributed by atoms with Gasteiger partial charge in [-0.3, -0.25) is 4.79 Å². The van der Waals surface area contributed by atoms with Crippen molar-refractivity contribution in [3.63, 3.8) is 0 Å². The normalized spacial score (nSPS) is 10.5. The molecule has 0 radical (unpaired) electrons. The highest BCUT2D eigenvalue weighted by molar-refractivity contribution is 5.95. The first-order valence-electron chi connectivity index (χ1n) is 7.46. The van der Waals surface area contributed by atoms with Crippen molar-refractivity contribution in [1.82, 2.24) is 14.8 Å². The summed E-state index contributed by atoms with van der Waals surface area (Å²) in [6.07, 6.45) is 0. The van der Waals surface area contributed by atoms with E-state index in [2.05, 4.69) is 15.4 Å². The number of nitrogens with one attached hydrogen (secondary N) is 1. The van der Waals surface area contributed by atoms with Crippen LogP contribution in [0.2, 0.25) is 0 Å². The number of para-hydroxylation sites is 1. The van der Waals surface area contributed by atoms with Gasteiger partial charge in [0.05, 0.1) is 0 Å². The van der Waals surface area contributed by atoms with Crippen molar-refractivity contribution in [2.24, 2.45) is 0 Å². The van der Waals surface area contributed by atoms with Crippen molar-refractivity contribution < 1.29 is 4.79 Å². The van der Waals surface area contributed by atoms with Crippen LogP contribution in [-0.4, -0.2) is 20.7 Å². The van der Waals surface area contributed by atoms with E-state index in [0.29, 0.717) is 5.82 Å². The fourth-order valence-electron chi connectivity index (χ4n) is 2.50. The molecule has 0 atom stereocenters. The van der Waals surface area contributed by atoms with Crippen LogP contribution in [0.5, 0.6) is 0 Å². The molecule has 1 heterocycles. The van der Waals surface area contributed by atoms with E-state index in [4.69, 9.17) is 0 Å². The third kappa shape index (κ3) is 3.45. The summed E-state index contributed by atoms with van der Waals surface area (Å²) in [5.74, 6) is 1.27. The predicted molar refractivity (Wildman–Crippen MR) is 90.0 cm³/mol. The quantitative estimate of drug-likeness (QED) is 0.805. The Balaban J connectivity index is 1.81. The van der Waals surface area contributed by atoms with Crippen LogP contribution in [0.1, 0.15) is 11.6 Å². The molecule has 0 unspecified atom stereocenters. The van der Waals surface area contributed by atoms with Gasteiger partial charge in [0.25, 0.3) is 0 Å². The third-order valence-corrected chi connectivity index (χ3v) is 3.54. The maximum atomic E-state index is 12.3. The Morgan fingerprint density at radius 2 is 1.74 bits per heavy atom. The van der Waals surface area contributed by atoms with Crippen molar-refractivity contribution in [2.75, 3.05) is 5.32 Å². The van der Waals surface area contributed by atoms with E-state index in [9.17, 15) is 4.79 Å². The summed E-state index contributed by atoms with van der Waals surface area (Å²) in [7, 11) is 0. The van der Waals surface area contributed by atoms with Crippen LogP contribution < -0.4 is 5.32 Å². The van der Waals surface area contributed by atoms with Crippen LogP contribution in [-0.2, 0) is 11.3 Å². The molecule has 0 saturated carbocycles. The molecule has 0 aliphatic carbocycles. The molecule has 1 aromatic heterocycles. The standard InChI is InChI=1S/C18H18N4O/c1-13-19-14(2)22(21-13)12-18(23)20-17-11-7-6-10-16(17)15-8-4-3-5-9-15/h3-11H,12H2,1-2H3,(H,20,23). The Kier molecular flexibility index (Phi) is 4.19. The fourth-order valence-corrected chi connectivity index (χ4v) is 2.50. The first kappa shape index (κ1) is 15.0. The Morgan fingerprint density at radius 1 is 1.04 bits per heavy atom. The molecular weight excluding hydrogens is 288 g/mol. The van der Waals surface area contributed by atoms with Gasteiger partial charge in [0.15, 0.2) is 0 Å². The average Bonchev–Trinajstić information content (AvgIpc) is 2.86. The van der Waals surface area contributed by atoms with E-state index in [-0.39, 0.29) is 12.5 Å². The maximum absolute atomic E-state index is 12.3. The molecular formula is C18H18N4O. The summed E-state index contributed by atoms with van der Waals surface area (Å²) < 4.78 is 1.61. The minimum Gasteiger partial charge on any atom is -0.324 e. The fraction of sp³-hybridized carbons (Fsp3) is 0.167. The first-order valence-corrected chi connectivity index (χ1v) is 7.46. The van der Waals surface area contributed by atoms with E-state index in [1.165, 1.54) is 0 Å². The maximum Gasteiger partial charge on any atom is 0.246 e. The number of carbonyl (C=O) groups excluding carboxylic acids is 1. The molecule has 116 valence electrons. The molecule has 5 heteroatoms. The molecule has 5 nitrogen and oxygen atoms in total. The zero-order valence-corrected chi connectivity index (χ0v) is 13.2. The lowest BCUT2D eigenvalue weighted by atomic mass is 10.0. The van der Waals surface area contributed by atoms with E-state index >= 15 is 0 Å². The van der Waals surface area contributed by atoms with Crippen LogP contribution >= 0.6 is 0 Å². The number of carbonyl (C=O) groups is 1. The number of amides is 1. The van der Waals surface area contributed by atoms with Crippen LogP contribution in [0, 0.1) is 13.8 Å². The Hall–Kier alpha value is -2.95. The number of aromatic nitrogens is 3. The lowest BCUT2D eigenvalue weighted by molar-refractivity contribution is -0.116. The lowest BCUT2D eigenvalue weighted by Gasteiger charge is -2.11. The van der Waals surface area contributed by atoms with Gasteiger partial charge in [-0.2, -0.15) is 5.10 Å².